The van der Waals surface area contributed by atoms with E-state index < -0.39 is 11.7 Å². The van der Waals surface area contributed by atoms with Gasteiger partial charge in [0, 0.05) is 12.6 Å². The highest BCUT2D eigenvalue weighted by Gasteiger charge is 2.11. The highest BCUT2D eigenvalue weighted by molar-refractivity contribution is 5.98. The fourth-order valence-corrected chi connectivity index (χ4v) is 1.41. The molecule has 0 fully saturated rings. The number of aromatic nitrogens is 2. The number of carbonyl (C=O) groups excluding carboxylic acids is 1. The molecule has 0 bridgehead atoms. The summed E-state index contributed by atoms with van der Waals surface area (Å²) in [5.41, 5.74) is 5.83. The van der Waals surface area contributed by atoms with Crippen molar-refractivity contribution in [1.82, 2.24) is 15.5 Å². The number of anilines is 1. The molecule has 1 aromatic heterocycles. The average Bonchev–Trinajstić information content (AvgIpc) is 2.72. The van der Waals surface area contributed by atoms with Crippen LogP contribution in [0.4, 0.5) is 10.1 Å². The maximum absolute atomic E-state index is 12.8. The van der Waals surface area contributed by atoms with Crippen LogP contribution in [0.5, 0.6) is 0 Å². The molecule has 1 heterocycles. The third kappa shape index (κ3) is 2.62. The van der Waals surface area contributed by atoms with Gasteiger partial charge < -0.3 is 15.6 Å². The molecule has 0 unspecified atom stereocenters. The Balaban J connectivity index is 2.03. The van der Waals surface area contributed by atoms with Crippen LogP contribution in [0.3, 0.4) is 0 Å². The van der Waals surface area contributed by atoms with Crippen molar-refractivity contribution < 1.29 is 13.7 Å². The number of benzene rings is 1. The largest absolute Gasteiger partial charge is 0.398 e. The molecule has 0 aliphatic carbocycles. The summed E-state index contributed by atoms with van der Waals surface area (Å²) in [5.74, 6) is -0.130. The minimum atomic E-state index is -0.488. The molecule has 3 N–H and O–H groups in total. The molecule has 2 rings (SSSR count). The van der Waals surface area contributed by atoms with E-state index in [1.165, 1.54) is 12.1 Å². The van der Waals surface area contributed by atoms with Crippen LogP contribution < -0.4 is 11.1 Å². The number of amides is 1. The van der Waals surface area contributed by atoms with Gasteiger partial charge in [0.2, 0.25) is 5.89 Å². The standard InChI is InChI=1S/C11H11FN4O2/c1-6-15-10(16-18-6)5-14-11(17)8-3-2-7(12)4-9(8)13/h2-4H,5,13H2,1H3,(H,14,17). The number of nitrogens with two attached hydrogens (primary N) is 1. The molecular weight excluding hydrogens is 239 g/mol. The van der Waals surface area contributed by atoms with E-state index in [0.29, 0.717) is 11.7 Å². The lowest BCUT2D eigenvalue weighted by atomic mass is 10.1. The molecule has 0 aliphatic heterocycles. The van der Waals surface area contributed by atoms with Crippen LogP contribution in [0.1, 0.15) is 22.1 Å². The Morgan fingerprint density at radius 3 is 2.94 bits per heavy atom. The van der Waals surface area contributed by atoms with Crippen LogP contribution in [-0.4, -0.2) is 16.0 Å². The summed E-state index contributed by atoms with van der Waals surface area (Å²) in [6, 6.07) is 3.58. The zero-order valence-electron chi connectivity index (χ0n) is 9.61. The molecule has 6 nitrogen and oxygen atoms in total. The fourth-order valence-electron chi connectivity index (χ4n) is 1.41. The summed E-state index contributed by atoms with van der Waals surface area (Å²) in [4.78, 5) is 15.7. The summed E-state index contributed by atoms with van der Waals surface area (Å²) in [5, 5.41) is 6.19. The molecular formula is C11H11FN4O2. The van der Waals surface area contributed by atoms with Gasteiger partial charge in [0.15, 0.2) is 5.82 Å². The van der Waals surface area contributed by atoms with Gasteiger partial charge in [0.05, 0.1) is 12.1 Å². The van der Waals surface area contributed by atoms with Crippen molar-refractivity contribution >= 4 is 11.6 Å². The van der Waals surface area contributed by atoms with Crippen molar-refractivity contribution in [3.8, 4) is 0 Å². The molecule has 0 aliphatic rings. The molecule has 0 saturated heterocycles. The predicted octanol–water partition coefficient (Wildman–Crippen LogP) is 1.03. The lowest BCUT2D eigenvalue weighted by Gasteiger charge is -2.05. The van der Waals surface area contributed by atoms with Crippen molar-refractivity contribution in [2.45, 2.75) is 13.5 Å². The quantitative estimate of drug-likeness (QED) is 0.793. The van der Waals surface area contributed by atoms with Crippen LogP contribution in [0, 0.1) is 12.7 Å². The second kappa shape index (κ2) is 4.82. The smallest absolute Gasteiger partial charge is 0.253 e. The van der Waals surface area contributed by atoms with Gasteiger partial charge in [-0.3, -0.25) is 4.79 Å². The Morgan fingerprint density at radius 2 is 2.33 bits per heavy atom. The number of aryl methyl sites for hydroxylation is 1. The summed E-state index contributed by atoms with van der Waals surface area (Å²) in [6.45, 7) is 1.77. The Bertz CT molecular complexity index is 582. The lowest BCUT2D eigenvalue weighted by Crippen LogP contribution is -2.24. The fraction of sp³-hybridized carbons (Fsp3) is 0.182. The molecule has 0 radical (unpaired) electrons. The van der Waals surface area contributed by atoms with E-state index in [2.05, 4.69) is 15.5 Å². The maximum Gasteiger partial charge on any atom is 0.253 e. The first-order chi connectivity index (χ1) is 8.56. The molecule has 0 saturated carbocycles. The first kappa shape index (κ1) is 12.0. The molecule has 7 heteroatoms. The number of hydrogen-bond donors (Lipinski definition) is 2. The van der Waals surface area contributed by atoms with E-state index >= 15 is 0 Å². The van der Waals surface area contributed by atoms with E-state index in [0.717, 1.165) is 6.07 Å². The second-order valence-corrected chi connectivity index (χ2v) is 3.64. The van der Waals surface area contributed by atoms with Crippen LogP contribution in [-0.2, 0) is 6.54 Å². The average molecular weight is 250 g/mol. The SMILES string of the molecule is Cc1nc(CNC(=O)c2ccc(F)cc2N)no1. The Kier molecular flexibility index (Phi) is 3.22. The van der Waals surface area contributed by atoms with E-state index in [9.17, 15) is 9.18 Å². The number of nitrogen functional groups attached to an aromatic ring is 1. The summed E-state index contributed by atoms with van der Waals surface area (Å²) in [7, 11) is 0. The van der Waals surface area contributed by atoms with Crippen molar-refractivity contribution in [3.63, 3.8) is 0 Å². The van der Waals surface area contributed by atoms with Gasteiger partial charge in [-0.1, -0.05) is 5.16 Å². The maximum atomic E-state index is 12.8. The van der Waals surface area contributed by atoms with Crippen LogP contribution in [0.2, 0.25) is 0 Å². The van der Waals surface area contributed by atoms with Gasteiger partial charge in [0.1, 0.15) is 5.82 Å². The highest BCUT2D eigenvalue weighted by Crippen LogP contribution is 2.13. The van der Waals surface area contributed by atoms with Gasteiger partial charge in [-0.25, -0.2) is 4.39 Å². The third-order valence-corrected chi connectivity index (χ3v) is 2.23. The number of carbonyl (C=O) groups is 1. The normalized spacial score (nSPS) is 10.3. The monoisotopic (exact) mass is 250 g/mol. The Labute approximate surface area is 102 Å². The van der Waals surface area contributed by atoms with E-state index in [4.69, 9.17) is 10.3 Å². The molecule has 0 atom stereocenters. The third-order valence-electron chi connectivity index (χ3n) is 2.23. The first-order valence-electron chi connectivity index (χ1n) is 5.18. The number of rotatable bonds is 3. The molecule has 0 spiro atoms. The molecule has 1 amide bonds. The Hall–Kier alpha value is -2.44. The zero-order chi connectivity index (χ0) is 13.1. The molecule has 1 aromatic carbocycles. The molecule has 18 heavy (non-hydrogen) atoms. The highest BCUT2D eigenvalue weighted by atomic mass is 19.1. The van der Waals surface area contributed by atoms with Crippen molar-refractivity contribution in [2.75, 3.05) is 5.73 Å². The molecule has 2 aromatic rings. The van der Waals surface area contributed by atoms with Gasteiger partial charge in [-0.05, 0) is 18.2 Å². The number of nitrogens with zero attached hydrogens (tertiary/aromatic N) is 2. The van der Waals surface area contributed by atoms with Crippen LogP contribution in [0.25, 0.3) is 0 Å². The topological polar surface area (TPSA) is 94.0 Å². The second-order valence-electron chi connectivity index (χ2n) is 3.64. The van der Waals surface area contributed by atoms with E-state index in [1.807, 2.05) is 0 Å². The number of halogens is 1. The van der Waals surface area contributed by atoms with Gasteiger partial charge >= 0.3 is 0 Å². The zero-order valence-corrected chi connectivity index (χ0v) is 9.61. The van der Waals surface area contributed by atoms with E-state index in [-0.39, 0.29) is 17.8 Å². The van der Waals surface area contributed by atoms with Crippen molar-refractivity contribution in [3.05, 3.63) is 41.3 Å². The number of hydrogen-bond acceptors (Lipinski definition) is 5. The number of nitrogens with one attached hydrogen (secondary N) is 1. The minimum absolute atomic E-state index is 0.0804. The summed E-state index contributed by atoms with van der Waals surface area (Å²) in [6.07, 6.45) is 0. The van der Waals surface area contributed by atoms with Crippen LogP contribution >= 0.6 is 0 Å². The van der Waals surface area contributed by atoms with Crippen LogP contribution in [0.15, 0.2) is 22.7 Å². The Morgan fingerprint density at radius 1 is 1.56 bits per heavy atom. The lowest BCUT2D eigenvalue weighted by molar-refractivity contribution is 0.0950. The predicted molar refractivity (Wildman–Crippen MR) is 61.0 cm³/mol. The van der Waals surface area contributed by atoms with Crippen molar-refractivity contribution in [2.24, 2.45) is 0 Å². The van der Waals surface area contributed by atoms with Gasteiger partial charge in [-0.15, -0.1) is 0 Å². The van der Waals surface area contributed by atoms with Gasteiger partial charge in [0.25, 0.3) is 5.91 Å². The van der Waals surface area contributed by atoms with E-state index in [1.54, 1.807) is 6.92 Å². The van der Waals surface area contributed by atoms with Crippen molar-refractivity contribution in [1.29, 1.82) is 0 Å². The first-order valence-corrected chi connectivity index (χ1v) is 5.18. The minimum Gasteiger partial charge on any atom is -0.398 e. The summed E-state index contributed by atoms with van der Waals surface area (Å²) < 4.78 is 17.6. The summed E-state index contributed by atoms with van der Waals surface area (Å²) >= 11 is 0. The van der Waals surface area contributed by atoms with Gasteiger partial charge in [-0.2, -0.15) is 4.98 Å². The molecule has 94 valence electrons.